The Morgan fingerprint density at radius 2 is 0.507 bits per heavy atom. The lowest BCUT2D eigenvalue weighted by molar-refractivity contribution is -0.167. The summed E-state index contributed by atoms with van der Waals surface area (Å²) >= 11 is 0. The van der Waals surface area contributed by atoms with Crippen molar-refractivity contribution in [1.82, 2.24) is 0 Å². The standard InChI is InChI=1S/C65H100O6/c1-4-7-10-13-16-19-22-25-27-29-30-31-32-33-34-36-37-40-43-46-49-52-55-58-64(67)70-61-62(60-69-63(66)57-54-51-48-45-42-39-24-21-18-15-12-9-6-3)71-65(68)59-56-53-50-47-44-41-38-35-28-26-23-20-17-14-11-8-5-2/h7-12,16-21,25-28,30-31,33-34,37-42,62H,4-6,13-15,22-24,29,32,35-36,43-61H2,1-3H3/b10-7-,11-8-,12-9-,19-16-,20-17-,21-18-,27-25-,28-26-,31-30-,34-33-,40-37-,41-38-,42-39-. The molecule has 0 aromatic rings. The van der Waals surface area contributed by atoms with E-state index in [4.69, 9.17) is 14.2 Å². The predicted octanol–water partition coefficient (Wildman–Crippen LogP) is 19.0. The maximum atomic E-state index is 12.8. The normalized spacial score (nSPS) is 13.3. The highest BCUT2D eigenvalue weighted by Gasteiger charge is 2.19. The van der Waals surface area contributed by atoms with Gasteiger partial charge in [-0.15, -0.1) is 0 Å². The van der Waals surface area contributed by atoms with Crippen molar-refractivity contribution in [3.8, 4) is 0 Å². The third-order valence-corrected chi connectivity index (χ3v) is 11.0. The minimum absolute atomic E-state index is 0.119. The zero-order valence-corrected chi connectivity index (χ0v) is 45.2. The molecule has 71 heavy (non-hydrogen) atoms. The molecular formula is C65H100O6. The van der Waals surface area contributed by atoms with Crippen LogP contribution >= 0.6 is 0 Å². The zero-order chi connectivity index (χ0) is 51.4. The van der Waals surface area contributed by atoms with E-state index in [1.165, 1.54) is 0 Å². The molecule has 0 saturated carbocycles. The highest BCUT2D eigenvalue weighted by atomic mass is 16.6. The van der Waals surface area contributed by atoms with Gasteiger partial charge < -0.3 is 14.2 Å². The summed E-state index contributed by atoms with van der Waals surface area (Å²) in [5.74, 6) is -1.01. The van der Waals surface area contributed by atoms with E-state index in [-0.39, 0.29) is 37.5 Å². The molecule has 0 saturated heterocycles. The molecule has 0 rings (SSSR count). The topological polar surface area (TPSA) is 78.9 Å². The average molecular weight is 978 g/mol. The smallest absolute Gasteiger partial charge is 0.306 e. The fourth-order valence-corrected chi connectivity index (χ4v) is 6.92. The first-order valence-corrected chi connectivity index (χ1v) is 28.0. The number of allylic oxidation sites excluding steroid dienone is 26. The van der Waals surface area contributed by atoms with Crippen LogP contribution in [0, 0.1) is 0 Å². The van der Waals surface area contributed by atoms with Gasteiger partial charge in [0.05, 0.1) is 0 Å². The fraction of sp³-hybridized carbons (Fsp3) is 0.554. The largest absolute Gasteiger partial charge is 0.462 e. The second-order valence-corrected chi connectivity index (χ2v) is 17.7. The van der Waals surface area contributed by atoms with Gasteiger partial charge in [-0.2, -0.15) is 0 Å². The number of ether oxygens (including phenoxy) is 3. The van der Waals surface area contributed by atoms with Gasteiger partial charge in [-0.05, 0) is 141 Å². The number of carbonyl (C=O) groups is 3. The Labute approximate surface area is 435 Å². The Balaban J connectivity index is 4.52. The number of esters is 3. The molecule has 0 aliphatic carbocycles. The number of hydrogen-bond donors (Lipinski definition) is 0. The number of unbranched alkanes of at least 4 members (excludes halogenated alkanes) is 11. The van der Waals surface area contributed by atoms with Gasteiger partial charge in [-0.1, -0.05) is 211 Å². The van der Waals surface area contributed by atoms with E-state index in [1.54, 1.807) is 0 Å². The maximum Gasteiger partial charge on any atom is 0.306 e. The molecule has 1 atom stereocenters. The van der Waals surface area contributed by atoms with Crippen LogP contribution in [0.2, 0.25) is 0 Å². The van der Waals surface area contributed by atoms with Crippen LogP contribution in [0.15, 0.2) is 158 Å². The molecular weight excluding hydrogens is 877 g/mol. The van der Waals surface area contributed by atoms with Gasteiger partial charge >= 0.3 is 17.9 Å². The van der Waals surface area contributed by atoms with Gasteiger partial charge in [0.15, 0.2) is 6.10 Å². The average Bonchev–Trinajstić information content (AvgIpc) is 3.37. The van der Waals surface area contributed by atoms with E-state index < -0.39 is 6.10 Å². The van der Waals surface area contributed by atoms with Crippen molar-refractivity contribution in [3.63, 3.8) is 0 Å². The fourth-order valence-electron chi connectivity index (χ4n) is 6.92. The number of hydrogen-bond acceptors (Lipinski definition) is 6. The van der Waals surface area contributed by atoms with Gasteiger partial charge in [0, 0.05) is 19.3 Å². The van der Waals surface area contributed by atoms with E-state index in [1.807, 2.05) is 0 Å². The first kappa shape index (κ1) is 66.0. The minimum Gasteiger partial charge on any atom is -0.462 e. The molecule has 1 unspecified atom stereocenters. The molecule has 0 heterocycles. The van der Waals surface area contributed by atoms with Crippen LogP contribution in [0.1, 0.15) is 213 Å². The highest BCUT2D eigenvalue weighted by Crippen LogP contribution is 2.12. The quantitative estimate of drug-likeness (QED) is 0.0262. The monoisotopic (exact) mass is 977 g/mol. The van der Waals surface area contributed by atoms with Crippen molar-refractivity contribution in [3.05, 3.63) is 158 Å². The lowest BCUT2D eigenvalue weighted by Crippen LogP contribution is -2.30. The predicted molar refractivity (Wildman–Crippen MR) is 306 cm³/mol. The van der Waals surface area contributed by atoms with Crippen molar-refractivity contribution >= 4 is 17.9 Å². The Kier molecular flexibility index (Phi) is 53.6. The van der Waals surface area contributed by atoms with E-state index in [0.29, 0.717) is 12.8 Å². The van der Waals surface area contributed by atoms with Crippen LogP contribution in [0.5, 0.6) is 0 Å². The van der Waals surface area contributed by atoms with Crippen LogP contribution in [-0.4, -0.2) is 37.2 Å². The lowest BCUT2D eigenvalue weighted by Gasteiger charge is -2.18. The molecule has 6 heteroatoms. The van der Waals surface area contributed by atoms with E-state index in [0.717, 1.165) is 173 Å². The summed E-state index contributed by atoms with van der Waals surface area (Å²) in [6, 6.07) is 0. The van der Waals surface area contributed by atoms with Crippen LogP contribution in [0.3, 0.4) is 0 Å². The molecule has 0 aliphatic rings. The Morgan fingerprint density at radius 3 is 0.789 bits per heavy atom. The molecule has 396 valence electrons. The summed E-state index contributed by atoms with van der Waals surface area (Å²) in [6.45, 7) is 6.21. The Hall–Kier alpha value is -4.97. The van der Waals surface area contributed by atoms with E-state index in [2.05, 4.69) is 179 Å². The van der Waals surface area contributed by atoms with Crippen molar-refractivity contribution in [2.75, 3.05) is 13.2 Å². The molecule has 0 spiro atoms. The maximum absolute atomic E-state index is 12.8. The van der Waals surface area contributed by atoms with Gasteiger partial charge in [0.25, 0.3) is 0 Å². The number of rotatable bonds is 48. The first-order chi connectivity index (χ1) is 35.0. The first-order valence-electron chi connectivity index (χ1n) is 28.0. The summed E-state index contributed by atoms with van der Waals surface area (Å²) in [4.78, 5) is 38.1. The van der Waals surface area contributed by atoms with Crippen molar-refractivity contribution < 1.29 is 28.6 Å². The minimum atomic E-state index is -0.822. The highest BCUT2D eigenvalue weighted by molar-refractivity contribution is 5.71. The van der Waals surface area contributed by atoms with Crippen molar-refractivity contribution in [1.29, 1.82) is 0 Å². The van der Waals surface area contributed by atoms with Crippen LogP contribution in [0.4, 0.5) is 0 Å². The zero-order valence-electron chi connectivity index (χ0n) is 45.2. The molecule has 0 aromatic heterocycles. The van der Waals surface area contributed by atoms with Gasteiger partial charge in [-0.3, -0.25) is 14.4 Å². The molecule has 0 amide bonds. The summed E-state index contributed by atoms with van der Waals surface area (Å²) in [7, 11) is 0. The van der Waals surface area contributed by atoms with Crippen molar-refractivity contribution in [2.45, 2.75) is 219 Å². The number of carbonyl (C=O) groups excluding carboxylic acids is 3. The molecule has 0 bridgehead atoms. The Morgan fingerprint density at radius 1 is 0.282 bits per heavy atom. The summed E-state index contributed by atoms with van der Waals surface area (Å²) in [5, 5.41) is 0. The van der Waals surface area contributed by atoms with Crippen LogP contribution < -0.4 is 0 Å². The molecule has 0 radical (unpaired) electrons. The van der Waals surface area contributed by atoms with Gasteiger partial charge in [0.2, 0.25) is 0 Å². The van der Waals surface area contributed by atoms with Gasteiger partial charge in [-0.25, -0.2) is 0 Å². The van der Waals surface area contributed by atoms with Crippen molar-refractivity contribution in [2.24, 2.45) is 0 Å². The second kappa shape index (κ2) is 57.6. The molecule has 0 fully saturated rings. The second-order valence-electron chi connectivity index (χ2n) is 17.7. The molecule has 6 nitrogen and oxygen atoms in total. The lowest BCUT2D eigenvalue weighted by atomic mass is 10.1. The summed E-state index contributed by atoms with van der Waals surface area (Å²) in [6.07, 6.45) is 83.7. The van der Waals surface area contributed by atoms with Gasteiger partial charge in [0.1, 0.15) is 13.2 Å². The third kappa shape index (κ3) is 55.8. The molecule has 0 aromatic carbocycles. The van der Waals surface area contributed by atoms with E-state index >= 15 is 0 Å². The molecule has 0 N–H and O–H groups in total. The van der Waals surface area contributed by atoms with Crippen LogP contribution in [0.25, 0.3) is 0 Å². The molecule has 0 aliphatic heterocycles. The summed E-state index contributed by atoms with van der Waals surface area (Å²) in [5.41, 5.74) is 0. The third-order valence-electron chi connectivity index (χ3n) is 11.0. The van der Waals surface area contributed by atoms with E-state index in [9.17, 15) is 14.4 Å². The van der Waals surface area contributed by atoms with Crippen LogP contribution in [-0.2, 0) is 28.6 Å². The summed E-state index contributed by atoms with van der Waals surface area (Å²) < 4.78 is 16.8. The SMILES string of the molecule is CC/C=C\C/C=C\C/C=C\C/C=C\C/C=C\C/C=C\CCCCCCC(=O)OCC(COC(=O)CCCCC/C=C\C/C=C\C/C=C\CC)OC(=O)CCCCCC/C=C\C/C=C\C/C=C\C/C=C\CC. The Bertz CT molecular complexity index is 1640.